The molecule has 0 unspecified atom stereocenters. The number of carbonyl (C=O) groups is 4. The van der Waals surface area contributed by atoms with Gasteiger partial charge < -0.3 is 19.7 Å². The van der Waals surface area contributed by atoms with Crippen molar-refractivity contribution in [3.63, 3.8) is 0 Å². The molecule has 2 atom stereocenters. The third-order valence-electron chi connectivity index (χ3n) is 4.86. The van der Waals surface area contributed by atoms with E-state index in [0.29, 0.717) is 11.3 Å². The molecule has 0 aromatic heterocycles. The fourth-order valence-corrected chi connectivity index (χ4v) is 3.56. The van der Waals surface area contributed by atoms with Gasteiger partial charge in [0.25, 0.3) is 11.8 Å². The quantitative estimate of drug-likeness (QED) is 0.414. The first-order valence-electron chi connectivity index (χ1n) is 10.7. The van der Waals surface area contributed by atoms with Crippen LogP contribution in [0, 0.1) is 25.2 Å². The van der Waals surface area contributed by atoms with Crippen molar-refractivity contribution in [1.29, 1.82) is 5.26 Å². The van der Waals surface area contributed by atoms with Crippen molar-refractivity contribution in [3.05, 3.63) is 59.2 Å². The number of nitriles is 1. The highest BCUT2D eigenvalue weighted by atomic mass is 35.5. The number of rotatable bonds is 9. The molecule has 0 aliphatic carbocycles. The molecular weight excluding hydrogens is 474 g/mol. The third-order valence-corrected chi connectivity index (χ3v) is 5.03. The normalized spacial score (nSPS) is 12.0. The lowest BCUT2D eigenvalue weighted by molar-refractivity contribution is -0.172. The van der Waals surface area contributed by atoms with Gasteiger partial charge in [0.1, 0.15) is 0 Å². The van der Waals surface area contributed by atoms with Crippen LogP contribution in [0.15, 0.2) is 42.5 Å². The Morgan fingerprint density at radius 2 is 1.60 bits per heavy atom. The molecule has 0 saturated heterocycles. The molecule has 2 aromatic carbocycles. The second kappa shape index (κ2) is 12.5. The number of nitrogens with zero attached hydrogens (tertiary/aromatic N) is 2. The molecule has 184 valence electrons. The highest BCUT2D eigenvalue weighted by Crippen LogP contribution is 2.24. The summed E-state index contributed by atoms with van der Waals surface area (Å²) in [6.45, 7) is 5.89. The predicted molar refractivity (Wildman–Crippen MR) is 130 cm³/mol. The maximum absolute atomic E-state index is 13.7. The summed E-state index contributed by atoms with van der Waals surface area (Å²) in [4.78, 5) is 51.8. The number of anilines is 2. The molecule has 0 bridgehead atoms. The highest BCUT2D eigenvalue weighted by molar-refractivity contribution is 6.18. The van der Waals surface area contributed by atoms with E-state index in [0.717, 1.165) is 25.0 Å². The number of ether oxygens (including phenoxy) is 2. The zero-order chi connectivity index (χ0) is 26.1. The van der Waals surface area contributed by atoms with Crippen LogP contribution in [0.25, 0.3) is 0 Å². The summed E-state index contributed by atoms with van der Waals surface area (Å²) in [7, 11) is 0. The average Bonchev–Trinajstić information content (AvgIpc) is 2.80. The molecular formula is C25H26ClN3O6. The smallest absolute Gasteiger partial charge is 0.303 e. The number of nitrogens with one attached hydrogen (secondary N) is 1. The predicted octanol–water partition coefficient (Wildman–Crippen LogP) is 3.25. The van der Waals surface area contributed by atoms with Crippen molar-refractivity contribution < 1.29 is 28.7 Å². The van der Waals surface area contributed by atoms with E-state index in [1.54, 1.807) is 19.1 Å². The van der Waals surface area contributed by atoms with Gasteiger partial charge in [0.05, 0.1) is 11.6 Å². The molecule has 10 heteroatoms. The maximum atomic E-state index is 13.7. The lowest BCUT2D eigenvalue weighted by Gasteiger charge is -2.31. The Morgan fingerprint density at radius 1 is 1.00 bits per heavy atom. The lowest BCUT2D eigenvalue weighted by Crippen LogP contribution is -2.53. The first-order chi connectivity index (χ1) is 16.6. The molecule has 9 nitrogen and oxygen atoms in total. The van der Waals surface area contributed by atoms with Crippen LogP contribution >= 0.6 is 11.6 Å². The Kier molecular flexibility index (Phi) is 9.79. The van der Waals surface area contributed by atoms with E-state index in [1.807, 2.05) is 19.1 Å². The number of esters is 2. The highest BCUT2D eigenvalue weighted by Gasteiger charge is 2.42. The molecule has 2 amide bonds. The van der Waals surface area contributed by atoms with Gasteiger partial charge in [0.15, 0.2) is 0 Å². The summed E-state index contributed by atoms with van der Waals surface area (Å²) in [5, 5.41) is 11.5. The Hall–Kier alpha value is -3.90. The average molecular weight is 500 g/mol. The third kappa shape index (κ3) is 7.55. The van der Waals surface area contributed by atoms with Crippen LogP contribution in [0.5, 0.6) is 0 Å². The Labute approximate surface area is 208 Å². The topological polar surface area (TPSA) is 126 Å². The summed E-state index contributed by atoms with van der Waals surface area (Å²) < 4.78 is 10.4. The second-order valence-corrected chi connectivity index (χ2v) is 8.09. The summed E-state index contributed by atoms with van der Waals surface area (Å²) in [5.74, 6) is -3.32. The standard InChI is InChI=1S/C25H26ClN3O6/c1-15-5-10-21(16(2)13-15)29(12-11-26)25(33)23(35-18(4)31)22(34-17(3)30)24(32)28-20-8-6-19(14-27)7-9-20/h5-10,13,22-23H,11-12H2,1-4H3,(H,28,32)/t22-,23-/m1/s1. The van der Waals surface area contributed by atoms with E-state index < -0.39 is 36.0 Å². The minimum atomic E-state index is -1.79. The van der Waals surface area contributed by atoms with Crippen molar-refractivity contribution in [2.24, 2.45) is 0 Å². The zero-order valence-electron chi connectivity index (χ0n) is 19.8. The summed E-state index contributed by atoms with van der Waals surface area (Å²) in [5.41, 5.74) is 2.90. The van der Waals surface area contributed by atoms with E-state index in [4.69, 9.17) is 26.3 Å². The zero-order valence-corrected chi connectivity index (χ0v) is 20.6. The SMILES string of the molecule is CC(=O)O[C@@H](C(=O)Nc1ccc(C#N)cc1)[C@@H](OC(C)=O)C(=O)N(CCCl)c1ccc(C)cc1C. The molecule has 0 heterocycles. The maximum Gasteiger partial charge on any atom is 0.303 e. The lowest BCUT2D eigenvalue weighted by atomic mass is 10.1. The summed E-state index contributed by atoms with van der Waals surface area (Å²) in [6.07, 6.45) is -3.57. The van der Waals surface area contributed by atoms with Gasteiger partial charge in [-0.1, -0.05) is 17.7 Å². The van der Waals surface area contributed by atoms with E-state index in [1.165, 1.54) is 29.2 Å². The van der Waals surface area contributed by atoms with Gasteiger partial charge in [-0.3, -0.25) is 19.2 Å². The molecule has 0 aliphatic rings. The molecule has 2 aromatic rings. The van der Waals surface area contributed by atoms with E-state index in [9.17, 15) is 19.2 Å². The van der Waals surface area contributed by atoms with Crippen LogP contribution in [0.3, 0.4) is 0 Å². The van der Waals surface area contributed by atoms with Crippen molar-refractivity contribution in [2.45, 2.75) is 39.9 Å². The number of hydrogen-bond donors (Lipinski definition) is 1. The fraction of sp³-hybridized carbons (Fsp3) is 0.320. The van der Waals surface area contributed by atoms with Crippen LogP contribution in [0.1, 0.15) is 30.5 Å². The number of carbonyl (C=O) groups excluding carboxylic acids is 4. The minimum Gasteiger partial charge on any atom is -0.448 e. The summed E-state index contributed by atoms with van der Waals surface area (Å²) >= 11 is 5.95. The largest absolute Gasteiger partial charge is 0.448 e. The number of amides is 2. The number of hydrogen-bond acceptors (Lipinski definition) is 7. The first kappa shape index (κ1) is 27.3. The molecule has 0 radical (unpaired) electrons. The number of aryl methyl sites for hydroxylation is 2. The Balaban J connectivity index is 2.47. The van der Waals surface area contributed by atoms with E-state index >= 15 is 0 Å². The van der Waals surface area contributed by atoms with Crippen LogP contribution in [-0.2, 0) is 28.7 Å². The monoisotopic (exact) mass is 499 g/mol. The van der Waals surface area contributed by atoms with Gasteiger partial charge >= 0.3 is 11.9 Å². The van der Waals surface area contributed by atoms with Gasteiger partial charge in [0, 0.05) is 37.6 Å². The molecule has 0 spiro atoms. The van der Waals surface area contributed by atoms with Gasteiger partial charge in [-0.2, -0.15) is 5.26 Å². The van der Waals surface area contributed by atoms with E-state index in [2.05, 4.69) is 5.32 Å². The van der Waals surface area contributed by atoms with Crippen molar-refractivity contribution >= 4 is 46.7 Å². The molecule has 2 rings (SSSR count). The second-order valence-electron chi connectivity index (χ2n) is 7.71. The van der Waals surface area contributed by atoms with Crippen LogP contribution in [-0.4, -0.2) is 48.4 Å². The molecule has 1 N–H and O–H groups in total. The number of benzene rings is 2. The molecule has 0 fully saturated rings. The van der Waals surface area contributed by atoms with Gasteiger partial charge in [-0.25, -0.2) is 0 Å². The Bertz CT molecular complexity index is 1140. The first-order valence-corrected chi connectivity index (χ1v) is 11.2. The number of halogens is 1. The molecule has 0 saturated carbocycles. The van der Waals surface area contributed by atoms with Crippen LogP contribution in [0.2, 0.25) is 0 Å². The van der Waals surface area contributed by atoms with Crippen molar-refractivity contribution in [3.8, 4) is 6.07 Å². The van der Waals surface area contributed by atoms with Gasteiger partial charge in [0.2, 0.25) is 12.2 Å². The van der Waals surface area contributed by atoms with Gasteiger partial charge in [-0.15, -0.1) is 11.6 Å². The van der Waals surface area contributed by atoms with Crippen molar-refractivity contribution in [2.75, 3.05) is 22.6 Å². The Morgan fingerprint density at radius 3 is 2.11 bits per heavy atom. The fourth-order valence-electron chi connectivity index (χ4n) is 3.39. The molecule has 0 aliphatic heterocycles. The minimum absolute atomic E-state index is 0.0477. The van der Waals surface area contributed by atoms with Crippen LogP contribution in [0.4, 0.5) is 11.4 Å². The number of alkyl halides is 1. The van der Waals surface area contributed by atoms with E-state index in [-0.39, 0.29) is 18.1 Å². The molecule has 35 heavy (non-hydrogen) atoms. The summed E-state index contributed by atoms with van der Waals surface area (Å²) in [6, 6.07) is 13.3. The van der Waals surface area contributed by atoms with Gasteiger partial charge in [-0.05, 0) is 49.7 Å². The van der Waals surface area contributed by atoms with Crippen molar-refractivity contribution in [1.82, 2.24) is 0 Å². The van der Waals surface area contributed by atoms with Crippen LogP contribution < -0.4 is 10.2 Å².